The van der Waals surface area contributed by atoms with Gasteiger partial charge in [-0.2, -0.15) is 0 Å². The van der Waals surface area contributed by atoms with Crippen molar-refractivity contribution in [2.75, 3.05) is 0 Å². The van der Waals surface area contributed by atoms with Crippen molar-refractivity contribution in [1.82, 2.24) is 5.32 Å². The molecule has 2 atom stereocenters. The van der Waals surface area contributed by atoms with Gasteiger partial charge in [0.25, 0.3) is 0 Å². The topological polar surface area (TPSA) is 49.3 Å². The van der Waals surface area contributed by atoms with Crippen LogP contribution in [-0.2, 0) is 17.6 Å². The molecule has 3 nitrogen and oxygen atoms in total. The third-order valence-corrected chi connectivity index (χ3v) is 3.98. The summed E-state index contributed by atoms with van der Waals surface area (Å²) in [7, 11) is 0. The highest BCUT2D eigenvalue weighted by Gasteiger charge is 2.16. The summed E-state index contributed by atoms with van der Waals surface area (Å²) < 4.78 is 0. The fraction of sp³-hybridized carbons (Fsp3) is 0.350. The lowest BCUT2D eigenvalue weighted by Gasteiger charge is -2.20. The van der Waals surface area contributed by atoms with Gasteiger partial charge in [-0.05, 0) is 31.4 Å². The molecule has 0 saturated carbocycles. The lowest BCUT2D eigenvalue weighted by Crippen LogP contribution is -2.42. The van der Waals surface area contributed by atoms with Gasteiger partial charge in [0, 0.05) is 12.8 Å². The molecule has 0 bridgehead atoms. The number of aliphatic hydroxyl groups excluding tert-OH is 1. The molecule has 2 unspecified atom stereocenters. The van der Waals surface area contributed by atoms with E-state index in [9.17, 15) is 9.90 Å². The molecular formula is C20H25NO2. The van der Waals surface area contributed by atoms with E-state index in [-0.39, 0.29) is 11.9 Å². The van der Waals surface area contributed by atoms with Gasteiger partial charge < -0.3 is 10.4 Å². The highest BCUT2D eigenvalue weighted by molar-refractivity contribution is 5.76. The summed E-state index contributed by atoms with van der Waals surface area (Å²) in [4.78, 5) is 12.0. The monoisotopic (exact) mass is 311 g/mol. The van der Waals surface area contributed by atoms with Gasteiger partial charge in [0.2, 0.25) is 5.91 Å². The van der Waals surface area contributed by atoms with Crippen LogP contribution >= 0.6 is 0 Å². The van der Waals surface area contributed by atoms with Gasteiger partial charge >= 0.3 is 0 Å². The Kier molecular flexibility index (Phi) is 6.36. The molecule has 3 heteroatoms. The van der Waals surface area contributed by atoms with Gasteiger partial charge in [-0.1, -0.05) is 60.2 Å². The van der Waals surface area contributed by atoms with Crippen LogP contribution in [0.5, 0.6) is 0 Å². The number of benzene rings is 2. The largest absolute Gasteiger partial charge is 0.391 e. The number of amides is 1. The minimum atomic E-state index is -0.583. The highest BCUT2D eigenvalue weighted by Crippen LogP contribution is 2.08. The second-order valence-electron chi connectivity index (χ2n) is 6.10. The molecule has 0 spiro atoms. The first-order valence-electron chi connectivity index (χ1n) is 8.11. The number of nitrogens with one attached hydrogen (secondary N) is 1. The van der Waals surface area contributed by atoms with Crippen LogP contribution in [0.2, 0.25) is 0 Å². The predicted molar refractivity (Wildman–Crippen MR) is 93.3 cm³/mol. The molecule has 2 rings (SSSR count). The van der Waals surface area contributed by atoms with E-state index in [1.165, 1.54) is 5.56 Å². The molecule has 0 radical (unpaired) electrons. The summed E-state index contributed by atoms with van der Waals surface area (Å²) in [6.45, 7) is 3.89. The summed E-state index contributed by atoms with van der Waals surface area (Å²) in [5, 5.41) is 13.1. The van der Waals surface area contributed by atoms with Crippen molar-refractivity contribution in [3.05, 3.63) is 71.3 Å². The maximum absolute atomic E-state index is 12.0. The van der Waals surface area contributed by atoms with Crippen molar-refractivity contribution >= 4 is 5.91 Å². The third-order valence-electron chi connectivity index (χ3n) is 3.98. The molecule has 0 fully saturated rings. The molecular weight excluding hydrogens is 286 g/mol. The van der Waals surface area contributed by atoms with Gasteiger partial charge in [0.15, 0.2) is 0 Å². The van der Waals surface area contributed by atoms with E-state index in [0.29, 0.717) is 12.8 Å². The molecule has 2 N–H and O–H groups in total. The molecule has 0 aliphatic rings. The van der Waals surface area contributed by atoms with Gasteiger partial charge in [0.1, 0.15) is 0 Å². The minimum absolute atomic E-state index is 0.0221. The fourth-order valence-electron chi connectivity index (χ4n) is 2.58. The number of hydrogen-bond donors (Lipinski definition) is 2. The van der Waals surface area contributed by atoms with E-state index >= 15 is 0 Å². The van der Waals surface area contributed by atoms with Crippen LogP contribution in [0.25, 0.3) is 0 Å². The van der Waals surface area contributed by atoms with Crippen LogP contribution < -0.4 is 5.32 Å². The van der Waals surface area contributed by atoms with E-state index in [0.717, 1.165) is 17.5 Å². The number of hydrogen-bond acceptors (Lipinski definition) is 2. The fourth-order valence-corrected chi connectivity index (χ4v) is 2.58. The molecule has 2 aromatic carbocycles. The Morgan fingerprint density at radius 2 is 1.78 bits per heavy atom. The van der Waals surface area contributed by atoms with E-state index in [1.54, 1.807) is 0 Å². The maximum atomic E-state index is 12.0. The van der Waals surface area contributed by atoms with Crippen LogP contribution in [0.4, 0.5) is 0 Å². The number of aliphatic hydroxyl groups is 1. The Morgan fingerprint density at radius 3 is 2.48 bits per heavy atom. The van der Waals surface area contributed by atoms with Crippen LogP contribution in [0.15, 0.2) is 54.6 Å². The smallest absolute Gasteiger partial charge is 0.220 e. The predicted octanol–water partition coefficient (Wildman–Crippen LogP) is 3.04. The van der Waals surface area contributed by atoms with Gasteiger partial charge in [-0.15, -0.1) is 0 Å². The Morgan fingerprint density at radius 1 is 1.09 bits per heavy atom. The molecule has 0 aromatic heterocycles. The maximum Gasteiger partial charge on any atom is 0.220 e. The lowest BCUT2D eigenvalue weighted by molar-refractivity contribution is -0.122. The molecule has 0 aliphatic carbocycles. The molecule has 23 heavy (non-hydrogen) atoms. The second kappa shape index (κ2) is 8.49. The molecule has 0 saturated heterocycles. The second-order valence-corrected chi connectivity index (χ2v) is 6.10. The first kappa shape index (κ1) is 17.2. The van der Waals surface area contributed by atoms with E-state index in [1.807, 2.05) is 62.4 Å². The van der Waals surface area contributed by atoms with Gasteiger partial charge in [0.05, 0.1) is 12.1 Å². The summed E-state index contributed by atoms with van der Waals surface area (Å²) >= 11 is 0. The normalized spacial score (nSPS) is 13.3. The molecule has 0 aliphatic heterocycles. The standard InChI is InChI=1S/C20H25NO2/c1-15-7-6-10-18(13-15)11-12-20(23)21-16(2)19(22)14-17-8-4-3-5-9-17/h3-10,13,16,19,22H,11-12,14H2,1-2H3,(H,21,23). The first-order chi connectivity index (χ1) is 11.0. The van der Waals surface area contributed by atoms with Crippen molar-refractivity contribution in [1.29, 1.82) is 0 Å². The lowest BCUT2D eigenvalue weighted by atomic mass is 10.0. The quantitative estimate of drug-likeness (QED) is 0.826. The summed E-state index contributed by atoms with van der Waals surface area (Å²) in [5.74, 6) is -0.0221. The Labute approximate surface area is 138 Å². The van der Waals surface area contributed by atoms with E-state index in [2.05, 4.69) is 11.4 Å². The third kappa shape index (κ3) is 5.87. The van der Waals surface area contributed by atoms with Crippen molar-refractivity contribution in [2.24, 2.45) is 0 Å². The summed E-state index contributed by atoms with van der Waals surface area (Å²) in [5.41, 5.74) is 3.44. The average Bonchev–Trinajstić information content (AvgIpc) is 2.54. The SMILES string of the molecule is Cc1cccc(CCC(=O)NC(C)C(O)Cc2ccccc2)c1. The van der Waals surface area contributed by atoms with Crippen molar-refractivity contribution in [3.63, 3.8) is 0 Å². The van der Waals surface area contributed by atoms with E-state index < -0.39 is 6.10 Å². The molecule has 1 amide bonds. The van der Waals surface area contributed by atoms with Crippen molar-refractivity contribution in [3.8, 4) is 0 Å². The van der Waals surface area contributed by atoms with Crippen LogP contribution in [0.1, 0.15) is 30.0 Å². The van der Waals surface area contributed by atoms with Crippen LogP contribution in [0, 0.1) is 6.92 Å². The zero-order valence-electron chi connectivity index (χ0n) is 13.8. The number of aryl methyl sites for hydroxylation is 2. The van der Waals surface area contributed by atoms with E-state index in [4.69, 9.17) is 0 Å². The Balaban J connectivity index is 1.77. The first-order valence-corrected chi connectivity index (χ1v) is 8.11. The van der Waals surface area contributed by atoms with Crippen LogP contribution in [0.3, 0.4) is 0 Å². The average molecular weight is 311 g/mol. The number of rotatable bonds is 7. The Hall–Kier alpha value is -2.13. The summed E-state index contributed by atoms with van der Waals surface area (Å²) in [6, 6.07) is 17.7. The number of carbonyl (C=O) groups is 1. The van der Waals surface area contributed by atoms with Crippen molar-refractivity contribution < 1.29 is 9.90 Å². The minimum Gasteiger partial charge on any atom is -0.391 e. The zero-order valence-corrected chi connectivity index (χ0v) is 13.8. The van der Waals surface area contributed by atoms with Gasteiger partial charge in [-0.3, -0.25) is 4.79 Å². The van der Waals surface area contributed by atoms with Crippen molar-refractivity contribution in [2.45, 2.75) is 45.3 Å². The summed E-state index contributed by atoms with van der Waals surface area (Å²) in [6.07, 6.45) is 1.11. The number of carbonyl (C=O) groups excluding carboxylic acids is 1. The molecule has 2 aromatic rings. The Bertz CT molecular complexity index is 625. The molecule has 122 valence electrons. The van der Waals surface area contributed by atoms with Crippen LogP contribution in [-0.4, -0.2) is 23.2 Å². The zero-order chi connectivity index (χ0) is 16.7. The molecule has 0 heterocycles. The van der Waals surface area contributed by atoms with Gasteiger partial charge in [-0.25, -0.2) is 0 Å². The highest BCUT2D eigenvalue weighted by atomic mass is 16.3.